The Bertz CT molecular complexity index is 1250. The van der Waals surface area contributed by atoms with Crippen molar-refractivity contribution in [1.82, 2.24) is 4.90 Å². The summed E-state index contributed by atoms with van der Waals surface area (Å²) in [5.41, 5.74) is 5.51. The molecule has 188 valence electrons. The van der Waals surface area contributed by atoms with E-state index in [0.717, 1.165) is 65.9 Å². The van der Waals surface area contributed by atoms with Crippen LogP contribution in [-0.4, -0.2) is 30.1 Å². The Balaban J connectivity index is 1.54. The van der Waals surface area contributed by atoms with Crippen LogP contribution in [0.15, 0.2) is 58.9 Å². The average molecular weight is 526 g/mol. The van der Waals surface area contributed by atoms with Crippen LogP contribution < -0.4 is 9.47 Å². The first-order valence-electron chi connectivity index (χ1n) is 12.5. The van der Waals surface area contributed by atoms with Gasteiger partial charge in [0.1, 0.15) is 6.61 Å². The number of hydrogen-bond acceptors (Lipinski definition) is 5. The Hall–Kier alpha value is -2.76. The minimum absolute atomic E-state index is 0.142. The number of halogens is 2. The molecule has 0 spiro atoms. The van der Waals surface area contributed by atoms with E-state index in [4.69, 9.17) is 32.7 Å². The molecule has 5 nitrogen and oxygen atoms in total. The van der Waals surface area contributed by atoms with Gasteiger partial charge in [-0.3, -0.25) is 9.59 Å². The number of carbonyl (C=O) groups is 2. The Kier molecular flexibility index (Phi) is 7.14. The van der Waals surface area contributed by atoms with Crippen LogP contribution >= 0.6 is 23.2 Å². The number of carbonyl (C=O) groups excluding carboxylic acids is 2. The second-order valence-corrected chi connectivity index (χ2v) is 10.2. The fourth-order valence-electron chi connectivity index (χ4n) is 5.71. The van der Waals surface area contributed by atoms with Crippen LogP contribution in [0.25, 0.3) is 0 Å². The highest BCUT2D eigenvalue weighted by atomic mass is 35.5. The van der Waals surface area contributed by atoms with Crippen molar-refractivity contribution in [2.75, 3.05) is 13.7 Å². The lowest BCUT2D eigenvalue weighted by Gasteiger charge is -2.43. The van der Waals surface area contributed by atoms with Crippen molar-refractivity contribution in [3.05, 3.63) is 80.1 Å². The first-order valence-corrected chi connectivity index (χ1v) is 13.2. The molecule has 7 heteroatoms. The summed E-state index contributed by atoms with van der Waals surface area (Å²) in [6.07, 6.45) is 4.46. The number of hydrogen-bond donors (Lipinski definition) is 0. The van der Waals surface area contributed by atoms with Gasteiger partial charge in [0.2, 0.25) is 0 Å². The monoisotopic (exact) mass is 525 g/mol. The lowest BCUT2D eigenvalue weighted by Crippen LogP contribution is -2.39. The molecular weight excluding hydrogens is 497 g/mol. The van der Waals surface area contributed by atoms with E-state index >= 15 is 0 Å². The molecule has 0 saturated carbocycles. The van der Waals surface area contributed by atoms with E-state index in [1.165, 1.54) is 0 Å². The van der Waals surface area contributed by atoms with Crippen molar-refractivity contribution in [1.29, 1.82) is 0 Å². The van der Waals surface area contributed by atoms with Crippen LogP contribution in [0.4, 0.5) is 0 Å². The molecule has 3 aliphatic rings. The summed E-state index contributed by atoms with van der Waals surface area (Å²) in [6, 6.07) is 11.1. The summed E-state index contributed by atoms with van der Waals surface area (Å²) in [4.78, 5) is 28.8. The normalized spacial score (nSPS) is 18.4. The van der Waals surface area contributed by atoms with Crippen molar-refractivity contribution < 1.29 is 19.1 Å². The molecule has 1 aliphatic heterocycles. The molecule has 0 fully saturated rings. The summed E-state index contributed by atoms with van der Waals surface area (Å²) >= 11 is 12.2. The third kappa shape index (κ3) is 4.44. The molecule has 0 N–H and O–H groups in total. The topological polar surface area (TPSA) is 55.8 Å². The maximum atomic E-state index is 13.3. The van der Waals surface area contributed by atoms with Gasteiger partial charge < -0.3 is 14.4 Å². The Morgan fingerprint density at radius 3 is 2.11 bits per heavy atom. The van der Waals surface area contributed by atoms with E-state index in [-0.39, 0.29) is 17.5 Å². The minimum Gasteiger partial charge on any atom is -0.493 e. The number of nitrogens with zero attached hydrogens (tertiary/aromatic N) is 1. The molecule has 0 unspecified atom stereocenters. The van der Waals surface area contributed by atoms with E-state index < -0.39 is 0 Å². The lowest BCUT2D eigenvalue weighted by molar-refractivity contribution is -0.117. The summed E-state index contributed by atoms with van der Waals surface area (Å²) in [7, 11) is 1.59. The lowest BCUT2D eigenvalue weighted by atomic mass is 9.71. The zero-order valence-electron chi connectivity index (χ0n) is 20.5. The molecule has 0 radical (unpaired) electrons. The molecular formula is C29H29Cl2NO4. The zero-order valence-corrected chi connectivity index (χ0v) is 22.0. The predicted molar refractivity (Wildman–Crippen MR) is 141 cm³/mol. The summed E-state index contributed by atoms with van der Waals surface area (Å²) in [5.74, 6) is 1.05. The van der Waals surface area contributed by atoms with Gasteiger partial charge in [-0.05, 0) is 68.0 Å². The van der Waals surface area contributed by atoms with Crippen LogP contribution in [0, 0.1) is 0 Å². The van der Waals surface area contributed by atoms with E-state index in [1.54, 1.807) is 19.2 Å². The van der Waals surface area contributed by atoms with Crippen molar-refractivity contribution in [3.8, 4) is 11.5 Å². The molecule has 5 rings (SSSR count). The molecule has 0 amide bonds. The number of ketones is 2. The molecule has 36 heavy (non-hydrogen) atoms. The second kappa shape index (κ2) is 10.3. The first kappa shape index (κ1) is 24.9. The largest absolute Gasteiger partial charge is 0.493 e. The van der Waals surface area contributed by atoms with E-state index in [9.17, 15) is 9.59 Å². The summed E-state index contributed by atoms with van der Waals surface area (Å²) in [5, 5.41) is 0.967. The van der Waals surface area contributed by atoms with E-state index in [2.05, 4.69) is 11.8 Å². The SMILES string of the molecule is CCN1C2=C(C(=O)CCC2)C(c2ccc(OCc3ccc(Cl)c(Cl)c3)c(OC)c2)C2=C1CCCC2=O. The maximum absolute atomic E-state index is 13.3. The Morgan fingerprint density at radius 1 is 0.861 bits per heavy atom. The van der Waals surface area contributed by atoms with Crippen molar-refractivity contribution >= 4 is 34.8 Å². The van der Waals surface area contributed by atoms with Gasteiger partial charge in [-0.15, -0.1) is 0 Å². The quantitative estimate of drug-likeness (QED) is 0.405. The summed E-state index contributed by atoms with van der Waals surface area (Å²) in [6.45, 7) is 3.15. The van der Waals surface area contributed by atoms with Crippen LogP contribution in [-0.2, 0) is 16.2 Å². The predicted octanol–water partition coefficient (Wildman–Crippen LogP) is 7.01. The fourth-order valence-corrected chi connectivity index (χ4v) is 6.03. The molecule has 2 aliphatic carbocycles. The van der Waals surface area contributed by atoms with Gasteiger partial charge in [0.05, 0.1) is 17.2 Å². The van der Waals surface area contributed by atoms with Gasteiger partial charge in [-0.1, -0.05) is 35.3 Å². The van der Waals surface area contributed by atoms with Gasteiger partial charge in [0, 0.05) is 47.8 Å². The second-order valence-electron chi connectivity index (χ2n) is 9.40. The molecule has 2 aromatic carbocycles. The summed E-state index contributed by atoms with van der Waals surface area (Å²) < 4.78 is 11.7. The van der Waals surface area contributed by atoms with Gasteiger partial charge in [0.25, 0.3) is 0 Å². The highest BCUT2D eigenvalue weighted by Crippen LogP contribution is 2.50. The van der Waals surface area contributed by atoms with Gasteiger partial charge >= 0.3 is 0 Å². The van der Waals surface area contributed by atoms with Crippen molar-refractivity contribution in [3.63, 3.8) is 0 Å². The molecule has 0 atom stereocenters. The number of benzene rings is 2. The average Bonchev–Trinajstić information content (AvgIpc) is 2.88. The molecule has 0 saturated heterocycles. The number of methoxy groups -OCH3 is 1. The van der Waals surface area contributed by atoms with Crippen molar-refractivity contribution in [2.24, 2.45) is 0 Å². The van der Waals surface area contributed by atoms with Crippen LogP contribution in [0.5, 0.6) is 11.5 Å². The number of Topliss-reactive ketones (excluding diaryl/α,β-unsaturated/α-hetero) is 2. The first-order chi connectivity index (χ1) is 17.4. The molecule has 2 aromatic rings. The van der Waals surface area contributed by atoms with Crippen LogP contribution in [0.2, 0.25) is 10.0 Å². The molecule has 0 aromatic heterocycles. The maximum Gasteiger partial charge on any atom is 0.161 e. The Labute approximate surface area is 221 Å². The van der Waals surface area contributed by atoms with Gasteiger partial charge in [-0.2, -0.15) is 0 Å². The van der Waals surface area contributed by atoms with Crippen LogP contribution in [0.3, 0.4) is 0 Å². The third-order valence-electron chi connectivity index (χ3n) is 7.30. The zero-order chi connectivity index (χ0) is 25.4. The Morgan fingerprint density at radius 2 is 1.53 bits per heavy atom. The van der Waals surface area contributed by atoms with Crippen molar-refractivity contribution in [2.45, 2.75) is 58.0 Å². The van der Waals surface area contributed by atoms with E-state index in [1.807, 2.05) is 24.3 Å². The molecule has 1 heterocycles. The fraction of sp³-hybridized carbons (Fsp3) is 0.379. The standard InChI is InChI=1S/C29H29Cl2NO4/c1-3-32-21-6-4-8-23(33)28(21)27(29-22(32)7-5-9-24(29)34)18-11-13-25(26(15-18)35-2)36-16-17-10-12-19(30)20(31)14-17/h10-15,27H,3-9,16H2,1-2H3. The highest BCUT2D eigenvalue weighted by Gasteiger charge is 2.43. The molecule has 0 bridgehead atoms. The number of allylic oxidation sites excluding steroid dienone is 4. The van der Waals surface area contributed by atoms with E-state index in [0.29, 0.717) is 41.0 Å². The van der Waals surface area contributed by atoms with Gasteiger partial charge in [-0.25, -0.2) is 0 Å². The van der Waals surface area contributed by atoms with Crippen LogP contribution in [0.1, 0.15) is 62.5 Å². The highest BCUT2D eigenvalue weighted by molar-refractivity contribution is 6.42. The number of ether oxygens (including phenoxy) is 2. The van der Waals surface area contributed by atoms with Gasteiger partial charge in [0.15, 0.2) is 23.1 Å². The minimum atomic E-state index is -0.364. The number of rotatable bonds is 6. The smallest absolute Gasteiger partial charge is 0.161 e. The third-order valence-corrected chi connectivity index (χ3v) is 8.04.